The SMILES string of the molecule is Cc1cccc2c3cc(-c4ccccc4)ccc3c3cc[n+](C)n3c12. The Hall–Kier alpha value is -3.13. The first-order valence-corrected chi connectivity index (χ1v) is 8.62. The van der Waals surface area contributed by atoms with Crippen LogP contribution in [0.3, 0.4) is 0 Å². The number of fused-ring (bicyclic) bond motifs is 6. The van der Waals surface area contributed by atoms with Crippen molar-refractivity contribution in [2.24, 2.45) is 7.05 Å². The number of nitrogens with zero attached hydrogens (tertiary/aromatic N) is 2. The molecule has 5 aromatic rings. The first kappa shape index (κ1) is 14.2. The molecule has 0 radical (unpaired) electrons. The maximum Gasteiger partial charge on any atom is 0.196 e. The van der Waals surface area contributed by atoms with E-state index < -0.39 is 0 Å². The van der Waals surface area contributed by atoms with E-state index in [1.165, 1.54) is 43.9 Å². The van der Waals surface area contributed by atoms with Gasteiger partial charge in [0.15, 0.2) is 13.2 Å². The Morgan fingerprint density at radius 2 is 1.56 bits per heavy atom. The van der Waals surface area contributed by atoms with Crippen LogP contribution in [0, 0.1) is 6.92 Å². The number of aryl methyl sites for hydroxylation is 2. The predicted octanol–water partition coefficient (Wildman–Crippen LogP) is 5.05. The summed E-state index contributed by atoms with van der Waals surface area (Å²) in [5, 5.41) is 3.90. The summed E-state index contributed by atoms with van der Waals surface area (Å²) in [7, 11) is 2.10. The lowest BCUT2D eigenvalue weighted by molar-refractivity contribution is -0.735. The van der Waals surface area contributed by atoms with Crippen molar-refractivity contribution < 1.29 is 4.68 Å². The topological polar surface area (TPSA) is 8.29 Å². The average Bonchev–Trinajstić information content (AvgIpc) is 3.04. The highest BCUT2D eigenvalue weighted by Crippen LogP contribution is 2.33. The first-order chi connectivity index (χ1) is 12.2. The second kappa shape index (κ2) is 5.18. The minimum atomic E-state index is 1.25. The molecule has 0 atom stereocenters. The van der Waals surface area contributed by atoms with Gasteiger partial charge in [-0.3, -0.25) is 0 Å². The molecule has 0 aliphatic carbocycles. The smallest absolute Gasteiger partial charge is 0.120 e. The summed E-state index contributed by atoms with van der Waals surface area (Å²) in [5.74, 6) is 0. The number of rotatable bonds is 1. The van der Waals surface area contributed by atoms with E-state index in [2.05, 4.69) is 102 Å². The zero-order valence-electron chi connectivity index (χ0n) is 14.4. The molecule has 0 N–H and O–H groups in total. The molecule has 0 fully saturated rings. The van der Waals surface area contributed by atoms with Crippen LogP contribution < -0.4 is 4.68 Å². The molecule has 25 heavy (non-hydrogen) atoms. The van der Waals surface area contributed by atoms with Gasteiger partial charge in [0.1, 0.15) is 11.0 Å². The molecule has 0 amide bonds. The molecule has 2 nitrogen and oxygen atoms in total. The van der Waals surface area contributed by atoms with Crippen molar-refractivity contribution in [3.8, 4) is 11.1 Å². The lowest BCUT2D eigenvalue weighted by atomic mass is 9.97. The van der Waals surface area contributed by atoms with E-state index >= 15 is 0 Å². The lowest BCUT2D eigenvalue weighted by Crippen LogP contribution is -2.34. The van der Waals surface area contributed by atoms with E-state index in [4.69, 9.17) is 0 Å². The van der Waals surface area contributed by atoms with Crippen molar-refractivity contribution in [3.05, 3.63) is 84.6 Å². The largest absolute Gasteiger partial charge is 0.196 e. The highest BCUT2D eigenvalue weighted by atomic mass is 15.3. The molecule has 0 saturated carbocycles. The van der Waals surface area contributed by atoms with Crippen LogP contribution in [0.4, 0.5) is 0 Å². The number of hydrogen-bond acceptors (Lipinski definition) is 0. The Bertz CT molecular complexity index is 1250. The zero-order valence-corrected chi connectivity index (χ0v) is 14.4. The first-order valence-electron chi connectivity index (χ1n) is 8.62. The fourth-order valence-electron chi connectivity index (χ4n) is 3.93. The Labute approximate surface area is 146 Å². The van der Waals surface area contributed by atoms with Crippen molar-refractivity contribution in [1.82, 2.24) is 4.52 Å². The third-order valence-corrected chi connectivity index (χ3v) is 5.13. The Kier molecular flexibility index (Phi) is 2.95. The van der Waals surface area contributed by atoms with E-state index in [1.54, 1.807) is 0 Å². The molecule has 0 saturated heterocycles. The Balaban J connectivity index is 1.99. The summed E-state index contributed by atoms with van der Waals surface area (Å²) in [4.78, 5) is 0. The molecular weight excluding hydrogens is 304 g/mol. The quantitative estimate of drug-likeness (QED) is 0.301. The van der Waals surface area contributed by atoms with Crippen LogP contribution in [0.1, 0.15) is 5.56 Å². The molecule has 2 heteroatoms. The predicted molar refractivity (Wildman–Crippen MR) is 104 cm³/mol. The molecule has 0 spiro atoms. The second-order valence-electron chi connectivity index (χ2n) is 6.68. The minimum absolute atomic E-state index is 1.25. The summed E-state index contributed by atoms with van der Waals surface area (Å²) in [6.07, 6.45) is 2.13. The van der Waals surface area contributed by atoms with Gasteiger partial charge in [-0.15, -0.1) is 9.20 Å². The Morgan fingerprint density at radius 1 is 0.720 bits per heavy atom. The molecule has 0 bridgehead atoms. The minimum Gasteiger partial charge on any atom is -0.120 e. The van der Waals surface area contributed by atoms with Crippen LogP contribution in [0.5, 0.6) is 0 Å². The van der Waals surface area contributed by atoms with Crippen molar-refractivity contribution in [1.29, 1.82) is 0 Å². The lowest BCUT2D eigenvalue weighted by Gasteiger charge is -2.11. The van der Waals surface area contributed by atoms with Crippen LogP contribution in [0.25, 0.3) is 38.3 Å². The van der Waals surface area contributed by atoms with Gasteiger partial charge in [-0.05, 0) is 35.1 Å². The normalized spacial score (nSPS) is 11.6. The molecule has 5 rings (SSSR count). The summed E-state index contributed by atoms with van der Waals surface area (Å²) in [6, 6.07) is 26.2. The monoisotopic (exact) mass is 323 g/mol. The van der Waals surface area contributed by atoms with Gasteiger partial charge in [-0.25, -0.2) is 0 Å². The van der Waals surface area contributed by atoms with Gasteiger partial charge in [0, 0.05) is 16.8 Å². The number of aromatic nitrogens is 2. The van der Waals surface area contributed by atoms with Crippen LogP contribution in [-0.4, -0.2) is 4.52 Å². The standard InChI is InChI=1S/C23H19N2/c1-16-7-6-10-20-21-15-18(17-8-4-3-5-9-17)11-12-19(21)22-13-14-24(2)25(22)23(16)20/h3-15H,1-2H3/q+1. The van der Waals surface area contributed by atoms with Crippen molar-refractivity contribution >= 4 is 27.2 Å². The van der Waals surface area contributed by atoms with Gasteiger partial charge in [0.05, 0.1) is 0 Å². The summed E-state index contributed by atoms with van der Waals surface area (Å²) in [6.45, 7) is 2.19. The van der Waals surface area contributed by atoms with Crippen LogP contribution in [0.2, 0.25) is 0 Å². The summed E-state index contributed by atoms with van der Waals surface area (Å²) in [5.41, 5.74) is 6.34. The molecular formula is C23H19N2+. The fourth-order valence-corrected chi connectivity index (χ4v) is 3.93. The highest BCUT2D eigenvalue weighted by Gasteiger charge is 2.16. The Morgan fingerprint density at radius 3 is 2.40 bits per heavy atom. The highest BCUT2D eigenvalue weighted by molar-refractivity contribution is 6.13. The van der Waals surface area contributed by atoms with Gasteiger partial charge in [-0.1, -0.05) is 60.7 Å². The molecule has 0 aliphatic heterocycles. The van der Waals surface area contributed by atoms with Crippen molar-refractivity contribution in [2.45, 2.75) is 6.92 Å². The summed E-state index contributed by atoms with van der Waals surface area (Å²) < 4.78 is 4.48. The van der Waals surface area contributed by atoms with Gasteiger partial charge in [0.25, 0.3) is 0 Å². The van der Waals surface area contributed by atoms with Gasteiger partial charge in [0.2, 0.25) is 0 Å². The molecule has 120 valence electrons. The fraction of sp³-hybridized carbons (Fsp3) is 0.0870. The molecule has 2 heterocycles. The van der Waals surface area contributed by atoms with E-state index in [1.807, 2.05) is 0 Å². The number of hydrogen-bond donors (Lipinski definition) is 0. The maximum atomic E-state index is 2.33. The number of benzene rings is 3. The van der Waals surface area contributed by atoms with Crippen molar-refractivity contribution in [2.75, 3.05) is 0 Å². The zero-order chi connectivity index (χ0) is 17.0. The molecule has 2 aromatic heterocycles. The van der Waals surface area contributed by atoms with E-state index in [-0.39, 0.29) is 0 Å². The van der Waals surface area contributed by atoms with Gasteiger partial charge < -0.3 is 0 Å². The second-order valence-corrected chi connectivity index (χ2v) is 6.68. The van der Waals surface area contributed by atoms with Gasteiger partial charge in [-0.2, -0.15) is 0 Å². The number of pyridine rings is 1. The third-order valence-electron chi connectivity index (χ3n) is 5.13. The molecule has 0 aliphatic rings. The molecule has 0 unspecified atom stereocenters. The summed E-state index contributed by atoms with van der Waals surface area (Å²) >= 11 is 0. The third kappa shape index (κ3) is 2.01. The van der Waals surface area contributed by atoms with Crippen LogP contribution in [-0.2, 0) is 7.05 Å². The van der Waals surface area contributed by atoms with Crippen LogP contribution in [0.15, 0.2) is 79.0 Å². The molecule has 3 aromatic carbocycles. The van der Waals surface area contributed by atoms with E-state index in [0.29, 0.717) is 0 Å². The number of para-hydroxylation sites is 1. The van der Waals surface area contributed by atoms with Crippen molar-refractivity contribution in [3.63, 3.8) is 0 Å². The average molecular weight is 323 g/mol. The van der Waals surface area contributed by atoms with E-state index in [9.17, 15) is 0 Å². The maximum absolute atomic E-state index is 2.33. The van der Waals surface area contributed by atoms with E-state index in [0.717, 1.165) is 0 Å². The van der Waals surface area contributed by atoms with Gasteiger partial charge >= 0.3 is 0 Å². The van der Waals surface area contributed by atoms with Crippen LogP contribution >= 0.6 is 0 Å².